The number of hydrogen-bond acceptors (Lipinski definition) is 4. The van der Waals surface area contributed by atoms with Crippen molar-refractivity contribution >= 4 is 38.3 Å². The lowest BCUT2D eigenvalue weighted by molar-refractivity contribution is 0.585. The largest absolute Gasteiger partial charge is 0.276 e. The van der Waals surface area contributed by atoms with Crippen LogP contribution >= 0.6 is 11.3 Å². The Balaban J connectivity index is 1.85. The Kier molecular flexibility index (Phi) is 3.96. The first-order valence-electron chi connectivity index (χ1n) is 6.64. The molecule has 0 fully saturated rings. The highest BCUT2D eigenvalue weighted by atomic mass is 32.2. The lowest BCUT2D eigenvalue weighted by atomic mass is 10.1. The van der Waals surface area contributed by atoms with Gasteiger partial charge in [0.05, 0.1) is 16.0 Å². The molecule has 0 aliphatic heterocycles. The standard InChI is InChI=1S/C16H14N2O2S2/c1-12-8-9-21-16(12)11-17-18-22(19,20)15-7-6-13-4-2-3-5-14(13)10-15/h2-11,18H,1H3/b17-11+. The number of benzene rings is 2. The Bertz CT molecular complexity index is 943. The van der Waals surface area contributed by atoms with Crippen LogP contribution in [0.2, 0.25) is 0 Å². The van der Waals surface area contributed by atoms with Crippen molar-refractivity contribution in [2.24, 2.45) is 5.10 Å². The summed E-state index contributed by atoms with van der Waals surface area (Å²) in [6.07, 6.45) is 1.53. The normalized spacial score (nSPS) is 12.0. The van der Waals surface area contributed by atoms with Crippen LogP contribution in [0.25, 0.3) is 10.8 Å². The minimum Gasteiger partial charge on any atom is -0.200 e. The molecule has 22 heavy (non-hydrogen) atoms. The second kappa shape index (κ2) is 5.90. The molecular weight excluding hydrogens is 316 g/mol. The quantitative estimate of drug-likeness (QED) is 0.588. The number of aryl methyl sites for hydroxylation is 1. The molecule has 112 valence electrons. The van der Waals surface area contributed by atoms with Gasteiger partial charge in [-0.15, -0.1) is 11.3 Å². The molecule has 2 aromatic carbocycles. The van der Waals surface area contributed by atoms with Gasteiger partial charge < -0.3 is 0 Å². The molecule has 1 N–H and O–H groups in total. The van der Waals surface area contributed by atoms with Gasteiger partial charge >= 0.3 is 0 Å². The monoisotopic (exact) mass is 330 g/mol. The zero-order valence-electron chi connectivity index (χ0n) is 11.9. The second-order valence-corrected chi connectivity index (χ2v) is 7.44. The molecular formula is C16H14N2O2S2. The predicted octanol–water partition coefficient (Wildman–Crippen LogP) is 3.52. The average molecular weight is 330 g/mol. The summed E-state index contributed by atoms with van der Waals surface area (Å²) in [7, 11) is -3.66. The lowest BCUT2D eigenvalue weighted by Crippen LogP contribution is -2.18. The molecule has 0 bridgehead atoms. The van der Waals surface area contributed by atoms with Gasteiger partial charge in [0.2, 0.25) is 0 Å². The number of hydrogen-bond donors (Lipinski definition) is 1. The third-order valence-corrected chi connectivity index (χ3v) is 5.46. The van der Waals surface area contributed by atoms with E-state index in [0.717, 1.165) is 21.2 Å². The molecule has 0 aliphatic carbocycles. The van der Waals surface area contributed by atoms with Gasteiger partial charge in [-0.2, -0.15) is 13.5 Å². The maximum Gasteiger partial charge on any atom is 0.276 e. The van der Waals surface area contributed by atoms with Crippen molar-refractivity contribution in [3.05, 3.63) is 64.4 Å². The SMILES string of the molecule is Cc1ccsc1/C=N/NS(=O)(=O)c1ccc2ccccc2c1. The maximum absolute atomic E-state index is 12.3. The summed E-state index contributed by atoms with van der Waals surface area (Å²) in [5.74, 6) is 0. The number of thiophene rings is 1. The Morgan fingerprint density at radius 1 is 1.09 bits per heavy atom. The third-order valence-electron chi connectivity index (χ3n) is 3.29. The van der Waals surface area contributed by atoms with E-state index >= 15 is 0 Å². The summed E-state index contributed by atoms with van der Waals surface area (Å²) in [5, 5.41) is 7.67. The van der Waals surface area contributed by atoms with Crippen LogP contribution in [0, 0.1) is 6.92 Å². The molecule has 0 spiro atoms. The Hall–Kier alpha value is -2.18. The Morgan fingerprint density at radius 2 is 1.86 bits per heavy atom. The molecule has 0 radical (unpaired) electrons. The number of rotatable bonds is 4. The molecule has 0 amide bonds. The van der Waals surface area contributed by atoms with Crippen LogP contribution in [0.3, 0.4) is 0 Å². The van der Waals surface area contributed by atoms with Crippen LogP contribution in [0.15, 0.2) is 63.9 Å². The molecule has 0 saturated heterocycles. The van der Waals surface area contributed by atoms with Gasteiger partial charge in [0.15, 0.2) is 0 Å². The van der Waals surface area contributed by atoms with E-state index in [-0.39, 0.29) is 4.90 Å². The molecule has 1 aromatic heterocycles. The number of hydrazone groups is 1. The summed E-state index contributed by atoms with van der Waals surface area (Å²) in [4.78, 5) is 3.39. The fraction of sp³-hybridized carbons (Fsp3) is 0.0625. The number of fused-ring (bicyclic) bond motifs is 1. The molecule has 3 rings (SSSR count). The van der Waals surface area contributed by atoms with E-state index < -0.39 is 10.0 Å². The zero-order valence-corrected chi connectivity index (χ0v) is 13.5. The maximum atomic E-state index is 12.3. The van der Waals surface area contributed by atoms with E-state index in [4.69, 9.17) is 0 Å². The van der Waals surface area contributed by atoms with Gasteiger partial charge in [-0.05, 0) is 46.8 Å². The highest BCUT2D eigenvalue weighted by molar-refractivity contribution is 7.89. The molecule has 1 heterocycles. The number of sulfonamides is 1. The smallest absolute Gasteiger partial charge is 0.200 e. The highest BCUT2D eigenvalue weighted by Crippen LogP contribution is 2.19. The zero-order chi connectivity index (χ0) is 15.6. The van der Waals surface area contributed by atoms with Crippen LogP contribution in [0.1, 0.15) is 10.4 Å². The van der Waals surface area contributed by atoms with Crippen LogP contribution in [0.5, 0.6) is 0 Å². The van der Waals surface area contributed by atoms with E-state index in [2.05, 4.69) is 9.93 Å². The van der Waals surface area contributed by atoms with E-state index in [9.17, 15) is 8.42 Å². The van der Waals surface area contributed by atoms with Gasteiger partial charge in [0.25, 0.3) is 10.0 Å². The van der Waals surface area contributed by atoms with Crippen molar-refractivity contribution < 1.29 is 8.42 Å². The molecule has 6 heteroatoms. The fourth-order valence-electron chi connectivity index (χ4n) is 2.06. The Morgan fingerprint density at radius 3 is 2.59 bits per heavy atom. The first-order chi connectivity index (χ1) is 10.6. The summed E-state index contributed by atoms with van der Waals surface area (Å²) in [5.41, 5.74) is 1.07. The molecule has 0 unspecified atom stereocenters. The summed E-state index contributed by atoms with van der Waals surface area (Å²) < 4.78 is 24.5. The van der Waals surface area contributed by atoms with E-state index in [1.807, 2.05) is 42.6 Å². The summed E-state index contributed by atoms with van der Waals surface area (Å²) in [6, 6.07) is 14.6. The highest BCUT2D eigenvalue weighted by Gasteiger charge is 2.13. The van der Waals surface area contributed by atoms with Gasteiger partial charge in [-0.25, -0.2) is 4.83 Å². The van der Waals surface area contributed by atoms with Crippen molar-refractivity contribution in [3.8, 4) is 0 Å². The second-order valence-electron chi connectivity index (χ2n) is 4.83. The van der Waals surface area contributed by atoms with Crippen LogP contribution in [-0.2, 0) is 10.0 Å². The minimum atomic E-state index is -3.66. The third kappa shape index (κ3) is 3.03. The van der Waals surface area contributed by atoms with Crippen molar-refractivity contribution in [2.75, 3.05) is 0 Å². The minimum absolute atomic E-state index is 0.200. The van der Waals surface area contributed by atoms with Crippen molar-refractivity contribution in [1.82, 2.24) is 4.83 Å². The molecule has 0 aliphatic rings. The Labute approximate surface area is 133 Å². The van der Waals surface area contributed by atoms with Crippen molar-refractivity contribution in [3.63, 3.8) is 0 Å². The molecule has 0 saturated carbocycles. The van der Waals surface area contributed by atoms with E-state index in [1.165, 1.54) is 17.6 Å². The van der Waals surface area contributed by atoms with E-state index in [1.54, 1.807) is 18.2 Å². The molecule has 3 aromatic rings. The molecule has 0 atom stereocenters. The first kappa shape index (κ1) is 14.7. The molecule has 4 nitrogen and oxygen atoms in total. The first-order valence-corrected chi connectivity index (χ1v) is 9.00. The van der Waals surface area contributed by atoms with Gasteiger partial charge in [-0.1, -0.05) is 30.3 Å². The van der Waals surface area contributed by atoms with Crippen LogP contribution < -0.4 is 4.83 Å². The lowest BCUT2D eigenvalue weighted by Gasteiger charge is -2.05. The number of nitrogens with one attached hydrogen (secondary N) is 1. The van der Waals surface area contributed by atoms with E-state index in [0.29, 0.717) is 0 Å². The topological polar surface area (TPSA) is 58.5 Å². The van der Waals surface area contributed by atoms with Crippen molar-refractivity contribution in [1.29, 1.82) is 0 Å². The predicted molar refractivity (Wildman–Crippen MR) is 90.9 cm³/mol. The summed E-state index contributed by atoms with van der Waals surface area (Å²) in [6.45, 7) is 1.95. The summed E-state index contributed by atoms with van der Waals surface area (Å²) >= 11 is 1.51. The van der Waals surface area contributed by atoms with Crippen LogP contribution in [-0.4, -0.2) is 14.6 Å². The van der Waals surface area contributed by atoms with Gasteiger partial charge in [-0.3, -0.25) is 0 Å². The van der Waals surface area contributed by atoms with Gasteiger partial charge in [0, 0.05) is 0 Å². The number of nitrogens with zero attached hydrogens (tertiary/aromatic N) is 1. The van der Waals surface area contributed by atoms with Crippen molar-refractivity contribution in [2.45, 2.75) is 11.8 Å². The van der Waals surface area contributed by atoms with Gasteiger partial charge in [0.1, 0.15) is 0 Å². The van der Waals surface area contributed by atoms with Crippen LogP contribution in [0.4, 0.5) is 0 Å². The fourth-order valence-corrected chi connectivity index (χ4v) is 3.67. The average Bonchev–Trinajstić information content (AvgIpc) is 2.92.